The Balaban J connectivity index is 2.20. The van der Waals surface area contributed by atoms with Crippen molar-refractivity contribution in [1.82, 2.24) is 0 Å². The lowest BCUT2D eigenvalue weighted by atomic mass is 10.1. The Hall–Kier alpha value is -1.51. The van der Waals surface area contributed by atoms with E-state index in [1.807, 2.05) is 12.1 Å². The lowest BCUT2D eigenvalue weighted by Crippen LogP contribution is -2.04. The number of hydrogen-bond acceptors (Lipinski definition) is 3. The molecular weight excluding hydrogens is 176 g/mol. The summed E-state index contributed by atoms with van der Waals surface area (Å²) >= 11 is 0. The number of nitrogens with two attached hydrogens (primary N) is 1. The number of anilines is 2. The molecule has 0 spiro atoms. The summed E-state index contributed by atoms with van der Waals surface area (Å²) in [7, 11) is 0. The molecule has 1 saturated carbocycles. The van der Waals surface area contributed by atoms with Crippen LogP contribution in [0, 0.1) is 0 Å². The van der Waals surface area contributed by atoms with Gasteiger partial charge in [0, 0.05) is 23.0 Å². The van der Waals surface area contributed by atoms with Gasteiger partial charge >= 0.3 is 0 Å². The summed E-state index contributed by atoms with van der Waals surface area (Å²) in [5.41, 5.74) is 7.93. The maximum absolute atomic E-state index is 11.1. The van der Waals surface area contributed by atoms with Crippen LogP contribution in [0.1, 0.15) is 30.1 Å². The van der Waals surface area contributed by atoms with E-state index in [2.05, 4.69) is 5.32 Å². The SMILES string of the molecule is CC(=O)c1ccc(NC2CC2)cc1N. The first-order valence-corrected chi connectivity index (χ1v) is 4.84. The molecule has 0 saturated heterocycles. The molecule has 0 aliphatic heterocycles. The molecule has 0 unspecified atom stereocenters. The van der Waals surface area contributed by atoms with E-state index >= 15 is 0 Å². The van der Waals surface area contributed by atoms with Crippen LogP contribution in [-0.4, -0.2) is 11.8 Å². The summed E-state index contributed by atoms with van der Waals surface area (Å²) in [4.78, 5) is 11.1. The third-order valence-corrected chi connectivity index (χ3v) is 2.38. The average molecular weight is 190 g/mol. The van der Waals surface area contributed by atoms with Gasteiger partial charge in [-0.2, -0.15) is 0 Å². The zero-order valence-corrected chi connectivity index (χ0v) is 8.21. The second-order valence-corrected chi connectivity index (χ2v) is 3.78. The Morgan fingerprint density at radius 3 is 2.71 bits per heavy atom. The summed E-state index contributed by atoms with van der Waals surface area (Å²) in [6, 6.07) is 6.13. The molecule has 0 amide bonds. The molecule has 1 aliphatic carbocycles. The average Bonchev–Trinajstić information content (AvgIpc) is 2.87. The third-order valence-electron chi connectivity index (χ3n) is 2.38. The largest absolute Gasteiger partial charge is 0.398 e. The second-order valence-electron chi connectivity index (χ2n) is 3.78. The lowest BCUT2D eigenvalue weighted by molar-refractivity contribution is 0.101. The van der Waals surface area contributed by atoms with Crippen molar-refractivity contribution in [2.75, 3.05) is 11.1 Å². The van der Waals surface area contributed by atoms with Crippen molar-refractivity contribution in [3.8, 4) is 0 Å². The molecule has 1 aliphatic rings. The molecule has 0 bridgehead atoms. The maximum Gasteiger partial charge on any atom is 0.161 e. The minimum atomic E-state index is 0.0143. The van der Waals surface area contributed by atoms with Gasteiger partial charge in [0.25, 0.3) is 0 Å². The van der Waals surface area contributed by atoms with Crippen molar-refractivity contribution in [2.24, 2.45) is 0 Å². The quantitative estimate of drug-likeness (QED) is 0.566. The van der Waals surface area contributed by atoms with Crippen LogP contribution < -0.4 is 11.1 Å². The van der Waals surface area contributed by atoms with Crippen molar-refractivity contribution >= 4 is 17.2 Å². The number of Topliss-reactive ketones (excluding diaryl/α,β-unsaturated/α-hetero) is 1. The molecule has 0 radical (unpaired) electrons. The van der Waals surface area contributed by atoms with Crippen LogP contribution in [-0.2, 0) is 0 Å². The summed E-state index contributed by atoms with van der Waals surface area (Å²) < 4.78 is 0. The van der Waals surface area contributed by atoms with E-state index in [9.17, 15) is 4.79 Å². The highest BCUT2D eigenvalue weighted by Gasteiger charge is 2.20. The monoisotopic (exact) mass is 190 g/mol. The van der Waals surface area contributed by atoms with Crippen molar-refractivity contribution in [2.45, 2.75) is 25.8 Å². The van der Waals surface area contributed by atoms with Gasteiger partial charge in [0.05, 0.1) is 0 Å². The van der Waals surface area contributed by atoms with Crippen LogP contribution in [0.5, 0.6) is 0 Å². The molecule has 0 heterocycles. The maximum atomic E-state index is 11.1. The van der Waals surface area contributed by atoms with Gasteiger partial charge in [0.2, 0.25) is 0 Å². The van der Waals surface area contributed by atoms with Gasteiger partial charge in [-0.1, -0.05) is 0 Å². The van der Waals surface area contributed by atoms with Gasteiger partial charge in [0.1, 0.15) is 0 Å². The molecule has 3 heteroatoms. The fourth-order valence-electron chi connectivity index (χ4n) is 1.44. The fourth-order valence-corrected chi connectivity index (χ4v) is 1.44. The Kier molecular flexibility index (Phi) is 2.15. The van der Waals surface area contributed by atoms with Crippen LogP contribution in [0.4, 0.5) is 11.4 Å². The number of rotatable bonds is 3. The molecule has 74 valence electrons. The smallest absolute Gasteiger partial charge is 0.161 e. The standard InChI is InChI=1S/C11H14N2O/c1-7(14)10-5-4-9(6-11(10)12)13-8-2-3-8/h4-6,8,13H,2-3,12H2,1H3. The van der Waals surface area contributed by atoms with E-state index in [-0.39, 0.29) is 5.78 Å². The summed E-state index contributed by atoms with van der Waals surface area (Å²) in [5, 5.41) is 3.33. The van der Waals surface area contributed by atoms with Crippen LogP contribution in [0.2, 0.25) is 0 Å². The number of nitrogens with one attached hydrogen (secondary N) is 1. The number of benzene rings is 1. The molecular formula is C11H14N2O. The molecule has 1 aromatic rings. The van der Waals surface area contributed by atoms with Gasteiger partial charge in [0.15, 0.2) is 5.78 Å². The summed E-state index contributed by atoms with van der Waals surface area (Å²) in [5.74, 6) is 0.0143. The zero-order chi connectivity index (χ0) is 10.1. The van der Waals surface area contributed by atoms with Crippen molar-refractivity contribution in [1.29, 1.82) is 0 Å². The zero-order valence-electron chi connectivity index (χ0n) is 8.21. The minimum Gasteiger partial charge on any atom is -0.398 e. The van der Waals surface area contributed by atoms with E-state index in [0.29, 0.717) is 17.3 Å². The molecule has 2 rings (SSSR count). The lowest BCUT2D eigenvalue weighted by Gasteiger charge is -2.07. The first kappa shape index (κ1) is 9.06. The number of nitrogen functional groups attached to an aromatic ring is 1. The van der Waals surface area contributed by atoms with Gasteiger partial charge in [-0.05, 0) is 38.0 Å². The van der Waals surface area contributed by atoms with Crippen LogP contribution in [0.15, 0.2) is 18.2 Å². The topological polar surface area (TPSA) is 55.1 Å². The molecule has 1 aromatic carbocycles. The molecule has 14 heavy (non-hydrogen) atoms. The fraction of sp³-hybridized carbons (Fsp3) is 0.364. The van der Waals surface area contributed by atoms with Crippen LogP contribution in [0.3, 0.4) is 0 Å². The minimum absolute atomic E-state index is 0.0143. The predicted octanol–water partition coefficient (Wildman–Crippen LogP) is 2.05. The normalized spacial score (nSPS) is 15.2. The summed E-state index contributed by atoms with van der Waals surface area (Å²) in [6.07, 6.45) is 2.46. The number of hydrogen-bond donors (Lipinski definition) is 2. The number of carbonyl (C=O) groups is 1. The van der Waals surface area contributed by atoms with Crippen LogP contribution in [0.25, 0.3) is 0 Å². The Morgan fingerprint density at radius 1 is 1.50 bits per heavy atom. The molecule has 0 atom stereocenters. The van der Waals surface area contributed by atoms with Gasteiger partial charge in [-0.15, -0.1) is 0 Å². The predicted molar refractivity (Wildman–Crippen MR) is 57.5 cm³/mol. The Labute approximate surface area is 83.3 Å². The van der Waals surface area contributed by atoms with Gasteiger partial charge in [-0.3, -0.25) is 4.79 Å². The first-order valence-electron chi connectivity index (χ1n) is 4.84. The molecule has 3 nitrogen and oxygen atoms in total. The number of carbonyl (C=O) groups excluding carboxylic acids is 1. The van der Waals surface area contributed by atoms with Crippen molar-refractivity contribution < 1.29 is 4.79 Å². The molecule has 3 N–H and O–H groups in total. The Bertz CT molecular complexity index is 370. The van der Waals surface area contributed by atoms with E-state index in [1.165, 1.54) is 19.8 Å². The highest BCUT2D eigenvalue weighted by Crippen LogP contribution is 2.26. The van der Waals surface area contributed by atoms with E-state index in [4.69, 9.17) is 5.73 Å². The highest BCUT2D eigenvalue weighted by molar-refractivity contribution is 5.99. The van der Waals surface area contributed by atoms with Crippen molar-refractivity contribution in [3.63, 3.8) is 0 Å². The van der Waals surface area contributed by atoms with Gasteiger partial charge < -0.3 is 11.1 Å². The van der Waals surface area contributed by atoms with Crippen molar-refractivity contribution in [3.05, 3.63) is 23.8 Å². The highest BCUT2D eigenvalue weighted by atomic mass is 16.1. The van der Waals surface area contributed by atoms with Crippen LogP contribution >= 0.6 is 0 Å². The summed E-state index contributed by atoms with van der Waals surface area (Å²) in [6.45, 7) is 1.53. The Morgan fingerprint density at radius 2 is 2.21 bits per heavy atom. The number of ketones is 1. The van der Waals surface area contributed by atoms with E-state index < -0.39 is 0 Å². The van der Waals surface area contributed by atoms with E-state index in [0.717, 1.165) is 5.69 Å². The van der Waals surface area contributed by atoms with Gasteiger partial charge in [-0.25, -0.2) is 0 Å². The third kappa shape index (κ3) is 1.87. The first-order chi connectivity index (χ1) is 6.66. The molecule has 0 aromatic heterocycles. The second kappa shape index (κ2) is 3.33. The van der Waals surface area contributed by atoms with E-state index in [1.54, 1.807) is 6.07 Å². The molecule has 1 fully saturated rings.